The van der Waals surface area contributed by atoms with E-state index in [0.717, 1.165) is 48.6 Å². The van der Waals surface area contributed by atoms with Gasteiger partial charge in [-0.25, -0.2) is 18.6 Å². The second-order valence-electron chi connectivity index (χ2n) is 8.94. The number of halogens is 2. The van der Waals surface area contributed by atoms with Gasteiger partial charge in [-0.15, -0.1) is 11.3 Å². The van der Waals surface area contributed by atoms with Crippen molar-refractivity contribution in [3.63, 3.8) is 0 Å². The maximum absolute atomic E-state index is 15.5. The van der Waals surface area contributed by atoms with Crippen LogP contribution in [0.2, 0.25) is 0 Å². The topological polar surface area (TPSA) is 115 Å². The number of carboxylic acid groups (broad SMARTS) is 1. The molecule has 12 heteroatoms. The van der Waals surface area contributed by atoms with Crippen molar-refractivity contribution in [2.24, 2.45) is 5.92 Å². The lowest BCUT2D eigenvalue weighted by molar-refractivity contribution is 0.0691. The normalized spacial score (nSPS) is 17.9. The van der Waals surface area contributed by atoms with Crippen LogP contribution in [0.15, 0.2) is 34.7 Å². The number of aromatic carboxylic acids is 1. The number of ether oxygens (including phenoxy) is 2. The molecule has 1 saturated carbocycles. The molecule has 0 atom stereocenters. The number of nitrogens with zero attached hydrogens (tertiary/aromatic N) is 1. The van der Waals surface area contributed by atoms with E-state index in [1.165, 1.54) is 19.6 Å². The molecule has 0 saturated heterocycles. The van der Waals surface area contributed by atoms with Crippen LogP contribution in [0.4, 0.5) is 14.5 Å². The van der Waals surface area contributed by atoms with E-state index in [1.807, 2.05) is 6.07 Å². The molecule has 1 heterocycles. The zero-order valence-electron chi connectivity index (χ0n) is 20.4. The number of rotatable bonds is 8. The lowest BCUT2D eigenvalue weighted by Gasteiger charge is -2.28. The number of carboxylic acids is 1. The molecule has 1 aromatic heterocycles. The fraction of sp³-hybridized carbons (Fsp3) is 0.360. The second-order valence-corrected chi connectivity index (χ2v) is 11.4. The van der Waals surface area contributed by atoms with Crippen molar-refractivity contribution >= 4 is 33.0 Å². The maximum atomic E-state index is 15.5. The highest BCUT2D eigenvalue weighted by Gasteiger charge is 2.28. The Labute approximate surface area is 217 Å². The van der Waals surface area contributed by atoms with Crippen molar-refractivity contribution in [2.75, 3.05) is 18.9 Å². The fourth-order valence-corrected chi connectivity index (χ4v) is 6.68. The van der Waals surface area contributed by atoms with Crippen LogP contribution in [-0.2, 0) is 10.0 Å². The predicted molar refractivity (Wildman–Crippen MR) is 135 cm³/mol. The molecule has 2 aromatic carbocycles. The number of nitrogens with one attached hydrogen (secondary N) is 1. The number of anilines is 1. The van der Waals surface area contributed by atoms with Crippen LogP contribution in [0.3, 0.4) is 0 Å². The highest BCUT2D eigenvalue weighted by Crippen LogP contribution is 2.43. The highest BCUT2D eigenvalue weighted by molar-refractivity contribution is 7.92. The number of sulfonamides is 1. The van der Waals surface area contributed by atoms with Crippen molar-refractivity contribution in [1.82, 2.24) is 4.98 Å². The van der Waals surface area contributed by atoms with Gasteiger partial charge < -0.3 is 14.6 Å². The number of benzene rings is 2. The third-order valence-corrected chi connectivity index (χ3v) is 8.81. The molecule has 0 aliphatic heterocycles. The van der Waals surface area contributed by atoms with Crippen LogP contribution >= 0.6 is 11.3 Å². The second kappa shape index (κ2) is 10.6. The molecule has 3 aromatic rings. The number of aromatic nitrogens is 1. The molecule has 1 fully saturated rings. The van der Waals surface area contributed by atoms with Crippen LogP contribution in [0.5, 0.6) is 11.5 Å². The van der Waals surface area contributed by atoms with E-state index in [-0.39, 0.29) is 33.7 Å². The highest BCUT2D eigenvalue weighted by atomic mass is 32.2. The Morgan fingerprint density at radius 3 is 2.46 bits per heavy atom. The average molecular weight is 553 g/mol. The molecular weight excluding hydrogens is 526 g/mol. The summed E-state index contributed by atoms with van der Waals surface area (Å²) < 4.78 is 68.2. The Bertz CT molecular complexity index is 1430. The summed E-state index contributed by atoms with van der Waals surface area (Å²) in [5, 5.41) is 10.0. The Morgan fingerprint density at radius 1 is 1.14 bits per heavy atom. The minimum absolute atomic E-state index is 0.102. The van der Waals surface area contributed by atoms with E-state index >= 15 is 4.39 Å². The first kappa shape index (κ1) is 26.8. The number of hydrogen-bond donors (Lipinski definition) is 2. The van der Waals surface area contributed by atoms with E-state index in [9.17, 15) is 17.6 Å². The lowest BCUT2D eigenvalue weighted by atomic mass is 9.79. The van der Waals surface area contributed by atoms with Gasteiger partial charge >= 0.3 is 5.97 Å². The van der Waals surface area contributed by atoms with Gasteiger partial charge in [-0.2, -0.15) is 8.42 Å². The number of carbonyl (C=O) groups is 1. The number of thiazole rings is 1. The molecule has 0 amide bonds. The third kappa shape index (κ3) is 5.40. The van der Waals surface area contributed by atoms with Gasteiger partial charge in [0.1, 0.15) is 16.6 Å². The van der Waals surface area contributed by atoms with E-state index in [4.69, 9.17) is 14.6 Å². The Hall–Kier alpha value is -3.25. The molecule has 0 radical (unpaired) electrons. The Morgan fingerprint density at radius 2 is 1.84 bits per heavy atom. The lowest BCUT2D eigenvalue weighted by Crippen LogP contribution is -2.15. The summed E-state index contributed by atoms with van der Waals surface area (Å²) in [5.41, 5.74) is -0.0868. The van der Waals surface area contributed by atoms with Gasteiger partial charge in [0, 0.05) is 17.0 Å². The quantitative estimate of drug-likeness (QED) is 0.358. The zero-order valence-corrected chi connectivity index (χ0v) is 22.0. The summed E-state index contributed by atoms with van der Waals surface area (Å²) in [4.78, 5) is 15.3. The third-order valence-electron chi connectivity index (χ3n) is 6.54. The first-order chi connectivity index (χ1) is 17.6. The van der Waals surface area contributed by atoms with Crippen molar-refractivity contribution in [2.45, 2.75) is 43.6 Å². The fourth-order valence-electron chi connectivity index (χ4n) is 4.51. The van der Waals surface area contributed by atoms with Crippen molar-refractivity contribution in [3.05, 3.63) is 52.4 Å². The van der Waals surface area contributed by atoms with Crippen LogP contribution in [0, 0.1) is 17.6 Å². The summed E-state index contributed by atoms with van der Waals surface area (Å²) in [6, 6.07) is 4.97. The van der Waals surface area contributed by atoms with E-state index < -0.39 is 38.2 Å². The summed E-state index contributed by atoms with van der Waals surface area (Å²) in [6.07, 6.45) is 4.01. The minimum atomic E-state index is -4.34. The summed E-state index contributed by atoms with van der Waals surface area (Å²) >= 11 is 0.926. The van der Waals surface area contributed by atoms with Crippen LogP contribution in [0.25, 0.3) is 10.6 Å². The van der Waals surface area contributed by atoms with Crippen LogP contribution < -0.4 is 14.2 Å². The Kier molecular flexibility index (Phi) is 7.69. The Balaban J connectivity index is 1.64. The number of methoxy groups -OCH3 is 2. The van der Waals surface area contributed by atoms with Gasteiger partial charge in [-0.1, -0.05) is 25.8 Å². The molecule has 37 heavy (non-hydrogen) atoms. The molecule has 2 N–H and O–H groups in total. The van der Waals surface area contributed by atoms with Crippen molar-refractivity contribution in [3.8, 4) is 22.1 Å². The summed E-state index contributed by atoms with van der Waals surface area (Å²) in [7, 11) is -1.75. The first-order valence-corrected chi connectivity index (χ1v) is 13.9. The SMILES string of the molecule is COc1cc(C(=O)O)c(F)cc1NS(=O)(=O)c1csc(-c2ccc([C@H]3CC[C@@H](C)CC3)c(OC)c2F)n1. The number of hydrogen-bond acceptors (Lipinski definition) is 7. The first-order valence-electron chi connectivity index (χ1n) is 11.5. The van der Waals surface area contributed by atoms with Crippen molar-refractivity contribution in [1.29, 1.82) is 0 Å². The molecule has 1 aliphatic carbocycles. The average Bonchev–Trinajstić information content (AvgIpc) is 3.35. The molecule has 0 unspecified atom stereocenters. The monoisotopic (exact) mass is 552 g/mol. The van der Waals surface area contributed by atoms with Gasteiger partial charge in [0.05, 0.1) is 31.0 Å². The van der Waals surface area contributed by atoms with Crippen molar-refractivity contribution < 1.29 is 36.6 Å². The zero-order chi connectivity index (χ0) is 26.9. The molecule has 4 rings (SSSR count). The molecule has 0 bridgehead atoms. The van der Waals surface area contributed by atoms with E-state index in [1.54, 1.807) is 6.07 Å². The van der Waals surface area contributed by atoms with Gasteiger partial charge in [0.15, 0.2) is 16.6 Å². The van der Waals surface area contributed by atoms with E-state index in [0.29, 0.717) is 12.0 Å². The molecule has 198 valence electrons. The largest absolute Gasteiger partial charge is 0.495 e. The van der Waals surface area contributed by atoms with Gasteiger partial charge in [0.25, 0.3) is 10.0 Å². The van der Waals surface area contributed by atoms with Crippen LogP contribution in [-0.4, -0.2) is 38.7 Å². The summed E-state index contributed by atoms with van der Waals surface area (Å²) in [5.74, 6) is -2.52. The molecular formula is C25H26F2N2O6S2. The van der Waals surface area contributed by atoms with E-state index in [2.05, 4.69) is 16.6 Å². The summed E-state index contributed by atoms with van der Waals surface area (Å²) in [6.45, 7) is 2.21. The molecule has 8 nitrogen and oxygen atoms in total. The van der Waals surface area contributed by atoms with Gasteiger partial charge in [0.2, 0.25) is 0 Å². The standard InChI is InChI=1S/C25H26F2N2O6S2/c1-13-4-6-14(7-5-13)15-8-9-16(22(27)23(15)35-3)24-28-21(12-36-24)37(32,33)29-19-11-18(26)17(25(30)31)10-20(19)34-2/h8-14,29H,4-7H2,1-3H3,(H,30,31)/t13-,14+. The van der Waals surface area contributed by atoms with Gasteiger partial charge in [-0.05, 0) is 36.8 Å². The molecule has 0 spiro atoms. The smallest absolute Gasteiger partial charge is 0.338 e. The minimum Gasteiger partial charge on any atom is -0.495 e. The predicted octanol–water partition coefficient (Wildman–Crippen LogP) is 5.90. The molecule has 1 aliphatic rings. The van der Waals surface area contributed by atoms with Crippen LogP contribution in [0.1, 0.15) is 54.4 Å². The maximum Gasteiger partial charge on any atom is 0.338 e. The van der Waals surface area contributed by atoms with Gasteiger partial charge in [-0.3, -0.25) is 4.72 Å².